The number of piperidine rings is 1. The molecule has 3 heterocycles. The van der Waals surface area contributed by atoms with Gasteiger partial charge in [0, 0.05) is 48.4 Å². The van der Waals surface area contributed by atoms with Gasteiger partial charge in [0.15, 0.2) is 0 Å². The second-order valence-electron chi connectivity index (χ2n) is 8.81. The molecule has 0 spiro atoms. The highest BCUT2D eigenvalue weighted by Crippen LogP contribution is 2.35. The third-order valence-electron chi connectivity index (χ3n) is 6.49. The summed E-state index contributed by atoms with van der Waals surface area (Å²) in [4.78, 5) is 40.5. The number of fused-ring (bicyclic) bond motifs is 4. The van der Waals surface area contributed by atoms with Crippen LogP contribution in [0, 0.1) is 11.7 Å². The second kappa shape index (κ2) is 9.09. The third-order valence-corrected chi connectivity index (χ3v) is 6.49. The van der Waals surface area contributed by atoms with Crippen LogP contribution < -0.4 is 10.9 Å². The van der Waals surface area contributed by atoms with Gasteiger partial charge in [-0.05, 0) is 42.7 Å². The summed E-state index contributed by atoms with van der Waals surface area (Å²) in [6.07, 6.45) is 2.29. The lowest BCUT2D eigenvalue weighted by Gasteiger charge is -2.43. The van der Waals surface area contributed by atoms with Gasteiger partial charge in [-0.2, -0.15) is 0 Å². The van der Waals surface area contributed by atoms with Crippen molar-refractivity contribution in [1.29, 1.82) is 0 Å². The lowest BCUT2D eigenvalue weighted by molar-refractivity contribution is -0.130. The van der Waals surface area contributed by atoms with E-state index in [9.17, 15) is 18.8 Å². The summed E-state index contributed by atoms with van der Waals surface area (Å²) in [5.74, 6) is -1.12. The van der Waals surface area contributed by atoms with Crippen molar-refractivity contribution in [2.75, 3.05) is 13.1 Å². The summed E-state index contributed by atoms with van der Waals surface area (Å²) in [7, 11) is 0. The highest BCUT2D eigenvalue weighted by Gasteiger charge is 2.37. The first-order valence-electron chi connectivity index (χ1n) is 11.3. The first-order chi connectivity index (χ1) is 16.5. The monoisotopic (exact) mass is 457 g/mol. The fraction of sp³-hybridized carbons (Fsp3) is 0.222. The number of pyridine rings is 1. The van der Waals surface area contributed by atoms with E-state index in [0.29, 0.717) is 25.2 Å². The van der Waals surface area contributed by atoms with Crippen molar-refractivity contribution >= 4 is 17.9 Å². The molecular weight excluding hydrogens is 433 g/mol. The molecule has 172 valence electrons. The molecular formula is C27H24FN3O3. The van der Waals surface area contributed by atoms with Crippen LogP contribution in [-0.2, 0) is 11.3 Å². The van der Waals surface area contributed by atoms with Crippen molar-refractivity contribution in [3.8, 4) is 0 Å². The number of hydrogen-bond donors (Lipinski definition) is 1. The summed E-state index contributed by atoms with van der Waals surface area (Å²) in [5.41, 5.74) is 1.53. The van der Waals surface area contributed by atoms with Crippen LogP contribution in [-0.4, -0.2) is 34.4 Å². The van der Waals surface area contributed by atoms with Crippen molar-refractivity contribution < 1.29 is 14.0 Å². The third kappa shape index (κ3) is 4.29. The van der Waals surface area contributed by atoms with Gasteiger partial charge in [0.25, 0.3) is 17.4 Å². The van der Waals surface area contributed by atoms with Crippen molar-refractivity contribution in [2.45, 2.75) is 18.9 Å². The number of carbonyl (C=O) groups is 2. The minimum Gasteiger partial charge on any atom is -0.336 e. The molecule has 2 amide bonds. The van der Waals surface area contributed by atoms with Crippen LogP contribution in [0.25, 0.3) is 6.08 Å². The normalized spacial score (nSPS) is 19.3. The van der Waals surface area contributed by atoms with Crippen molar-refractivity contribution in [1.82, 2.24) is 14.8 Å². The Hall–Kier alpha value is -4.00. The van der Waals surface area contributed by atoms with Gasteiger partial charge in [0.2, 0.25) is 0 Å². The maximum atomic E-state index is 14.4. The second-order valence-corrected chi connectivity index (χ2v) is 8.81. The van der Waals surface area contributed by atoms with E-state index in [1.165, 1.54) is 12.1 Å². The van der Waals surface area contributed by atoms with Gasteiger partial charge >= 0.3 is 0 Å². The summed E-state index contributed by atoms with van der Waals surface area (Å²) in [6.45, 7) is 1.44. The average molecular weight is 458 g/mol. The molecule has 0 unspecified atom stereocenters. The average Bonchev–Trinajstić information content (AvgIpc) is 2.85. The quantitative estimate of drug-likeness (QED) is 0.611. The van der Waals surface area contributed by atoms with E-state index in [2.05, 4.69) is 5.32 Å². The number of nitrogens with zero attached hydrogens (tertiary/aromatic N) is 2. The predicted octanol–water partition coefficient (Wildman–Crippen LogP) is 3.40. The zero-order valence-electron chi connectivity index (χ0n) is 18.5. The molecule has 7 heteroatoms. The molecule has 2 aliphatic rings. The van der Waals surface area contributed by atoms with Crippen LogP contribution in [0.2, 0.25) is 0 Å². The van der Waals surface area contributed by atoms with Gasteiger partial charge in [-0.25, -0.2) is 4.39 Å². The number of carbonyl (C=O) groups excluding carboxylic acids is 2. The van der Waals surface area contributed by atoms with E-state index >= 15 is 0 Å². The smallest absolute Gasteiger partial charge is 0.270 e. The summed E-state index contributed by atoms with van der Waals surface area (Å²) in [6, 6.07) is 19.9. The van der Waals surface area contributed by atoms with Gasteiger partial charge < -0.3 is 14.8 Å². The number of hydrogen-bond acceptors (Lipinski definition) is 3. The SMILES string of the molecule is O=C(N/C(=C\c1ccccc1F)C(=O)N1C[C@@H]2C[C@@H](C1)c1cccc(=O)n1C2)c1ccccc1. The zero-order chi connectivity index (χ0) is 23.7. The molecule has 0 aliphatic carbocycles. The fourth-order valence-corrected chi connectivity index (χ4v) is 4.92. The lowest BCUT2D eigenvalue weighted by atomic mass is 9.83. The minimum absolute atomic E-state index is 0.0179. The van der Waals surface area contributed by atoms with Gasteiger partial charge in [0.1, 0.15) is 11.5 Å². The Morgan fingerprint density at radius 3 is 2.47 bits per heavy atom. The fourth-order valence-electron chi connectivity index (χ4n) is 4.92. The molecule has 6 nitrogen and oxygen atoms in total. The topological polar surface area (TPSA) is 71.4 Å². The van der Waals surface area contributed by atoms with Crippen LogP contribution in [0.5, 0.6) is 0 Å². The Kier molecular flexibility index (Phi) is 5.84. The highest BCUT2D eigenvalue weighted by molar-refractivity contribution is 6.05. The predicted molar refractivity (Wildman–Crippen MR) is 126 cm³/mol. The van der Waals surface area contributed by atoms with E-state index in [-0.39, 0.29) is 34.6 Å². The van der Waals surface area contributed by atoms with E-state index in [4.69, 9.17) is 0 Å². The van der Waals surface area contributed by atoms with Crippen molar-refractivity contribution in [2.24, 2.45) is 5.92 Å². The lowest BCUT2D eigenvalue weighted by Crippen LogP contribution is -2.50. The van der Waals surface area contributed by atoms with E-state index in [1.54, 1.807) is 70.1 Å². The Morgan fingerprint density at radius 2 is 1.68 bits per heavy atom. The van der Waals surface area contributed by atoms with E-state index < -0.39 is 11.7 Å². The molecule has 3 aromatic rings. The number of amides is 2. The van der Waals surface area contributed by atoms with Crippen molar-refractivity contribution in [3.63, 3.8) is 0 Å². The van der Waals surface area contributed by atoms with Gasteiger partial charge in [-0.15, -0.1) is 0 Å². The Balaban J connectivity index is 1.45. The van der Waals surface area contributed by atoms with Crippen LogP contribution in [0.3, 0.4) is 0 Å². The van der Waals surface area contributed by atoms with E-state index in [1.807, 2.05) is 6.07 Å². The minimum atomic E-state index is -0.481. The molecule has 5 rings (SSSR count). The molecule has 0 saturated carbocycles. The largest absolute Gasteiger partial charge is 0.336 e. The number of rotatable bonds is 4. The van der Waals surface area contributed by atoms with Crippen LogP contribution >= 0.6 is 0 Å². The molecule has 1 fully saturated rings. The first kappa shape index (κ1) is 21.8. The zero-order valence-corrected chi connectivity index (χ0v) is 18.5. The highest BCUT2D eigenvalue weighted by atomic mass is 19.1. The Morgan fingerprint density at radius 1 is 0.912 bits per heavy atom. The molecule has 1 N–H and O–H groups in total. The Labute approximate surface area is 196 Å². The van der Waals surface area contributed by atoms with Crippen LogP contribution in [0.1, 0.15) is 34.0 Å². The number of nitrogens with one attached hydrogen (secondary N) is 1. The molecule has 2 aliphatic heterocycles. The molecule has 2 aromatic carbocycles. The van der Waals surface area contributed by atoms with Gasteiger partial charge in [0.05, 0.1) is 0 Å². The summed E-state index contributed by atoms with van der Waals surface area (Å²) >= 11 is 0. The van der Waals surface area contributed by atoms with Gasteiger partial charge in [-0.1, -0.05) is 42.5 Å². The Bertz CT molecular complexity index is 1330. The number of aromatic nitrogens is 1. The van der Waals surface area contributed by atoms with Gasteiger partial charge in [-0.3, -0.25) is 14.4 Å². The van der Waals surface area contributed by atoms with E-state index in [0.717, 1.165) is 12.1 Å². The molecule has 2 atom stereocenters. The standard InChI is InChI=1S/C27H24FN3O3/c28-22-10-5-4-9-20(22)14-23(29-26(33)19-7-2-1-3-8-19)27(34)30-15-18-13-21(17-30)24-11-6-12-25(32)31(24)16-18/h1-12,14,18,21H,13,15-17H2,(H,29,33)/b23-14-/t18-,21-/m0/s1. The molecule has 2 bridgehead atoms. The first-order valence-corrected chi connectivity index (χ1v) is 11.3. The number of halogens is 1. The number of benzene rings is 2. The molecule has 34 heavy (non-hydrogen) atoms. The van der Waals surface area contributed by atoms with Crippen molar-refractivity contribution in [3.05, 3.63) is 111 Å². The van der Waals surface area contributed by atoms with Crippen LogP contribution in [0.4, 0.5) is 4.39 Å². The molecule has 1 saturated heterocycles. The number of likely N-dealkylation sites (tertiary alicyclic amines) is 1. The summed E-state index contributed by atoms with van der Waals surface area (Å²) in [5, 5.41) is 2.71. The molecule has 0 radical (unpaired) electrons. The maximum absolute atomic E-state index is 14.4. The summed E-state index contributed by atoms with van der Waals surface area (Å²) < 4.78 is 16.2. The van der Waals surface area contributed by atoms with Crippen LogP contribution in [0.15, 0.2) is 83.3 Å². The maximum Gasteiger partial charge on any atom is 0.270 e. The molecule has 1 aromatic heterocycles.